The zero-order valence-corrected chi connectivity index (χ0v) is 12.0. The van der Waals surface area contributed by atoms with Crippen molar-refractivity contribution in [2.75, 3.05) is 20.2 Å². The summed E-state index contributed by atoms with van der Waals surface area (Å²) < 4.78 is 5.26. The second-order valence-electron chi connectivity index (χ2n) is 4.71. The topological polar surface area (TPSA) is 55.6 Å². The molecule has 1 heterocycles. The molecule has 2 N–H and O–H groups in total. The number of hydrogen-bond acceptors (Lipinski definition) is 3. The first-order chi connectivity index (χ1) is 8.70. The van der Waals surface area contributed by atoms with Crippen molar-refractivity contribution >= 4 is 18.3 Å². The second-order valence-corrected chi connectivity index (χ2v) is 4.71. The summed E-state index contributed by atoms with van der Waals surface area (Å²) in [5.74, 6) is 0.936. The van der Waals surface area contributed by atoms with Crippen LogP contribution in [0.15, 0.2) is 24.3 Å². The molecule has 19 heavy (non-hydrogen) atoms. The average Bonchev–Trinajstić information content (AvgIpc) is 2.40. The van der Waals surface area contributed by atoms with E-state index in [-0.39, 0.29) is 24.4 Å². The maximum atomic E-state index is 12.2. The smallest absolute Gasteiger partial charge is 0.227 e. The van der Waals surface area contributed by atoms with Gasteiger partial charge in [-0.3, -0.25) is 4.79 Å². The van der Waals surface area contributed by atoms with Gasteiger partial charge in [-0.05, 0) is 18.9 Å². The lowest BCUT2D eigenvalue weighted by molar-refractivity contribution is -0.131. The predicted octanol–water partition coefficient (Wildman–Crippen LogP) is 1.61. The summed E-state index contributed by atoms with van der Waals surface area (Å²) in [5.41, 5.74) is 6.78. The van der Waals surface area contributed by atoms with Crippen molar-refractivity contribution in [3.05, 3.63) is 29.8 Å². The number of nitrogens with zero attached hydrogens (tertiary/aromatic N) is 1. The largest absolute Gasteiger partial charge is 0.496 e. The lowest BCUT2D eigenvalue weighted by Crippen LogP contribution is -2.43. The minimum absolute atomic E-state index is 0. The highest BCUT2D eigenvalue weighted by atomic mass is 35.5. The van der Waals surface area contributed by atoms with E-state index in [1.54, 1.807) is 7.11 Å². The first kappa shape index (κ1) is 15.8. The Morgan fingerprint density at radius 2 is 2.00 bits per heavy atom. The zero-order chi connectivity index (χ0) is 13.0. The molecule has 0 spiro atoms. The molecule has 0 radical (unpaired) electrons. The molecular weight excluding hydrogens is 264 g/mol. The molecule has 1 aromatic rings. The number of carbonyl (C=O) groups is 1. The SMILES string of the molecule is COc1ccccc1CC(=O)N1CCC(N)CC1.Cl. The molecule has 1 aliphatic heterocycles. The molecule has 1 fully saturated rings. The van der Waals surface area contributed by atoms with Gasteiger partial charge < -0.3 is 15.4 Å². The lowest BCUT2D eigenvalue weighted by atomic mass is 10.0. The third-order valence-electron chi connectivity index (χ3n) is 3.43. The molecule has 2 rings (SSSR count). The van der Waals surface area contributed by atoms with Gasteiger partial charge in [0.1, 0.15) is 5.75 Å². The van der Waals surface area contributed by atoms with Gasteiger partial charge in [0.15, 0.2) is 0 Å². The molecule has 0 bridgehead atoms. The highest BCUT2D eigenvalue weighted by molar-refractivity contribution is 5.85. The minimum atomic E-state index is 0. The fourth-order valence-electron chi connectivity index (χ4n) is 2.27. The van der Waals surface area contributed by atoms with E-state index in [0.29, 0.717) is 6.42 Å². The molecule has 1 saturated heterocycles. The molecular formula is C14H21ClN2O2. The Balaban J connectivity index is 0.00000180. The van der Waals surface area contributed by atoms with Gasteiger partial charge in [-0.2, -0.15) is 0 Å². The summed E-state index contributed by atoms with van der Waals surface area (Å²) in [5, 5.41) is 0. The standard InChI is InChI=1S/C14H20N2O2.ClH/c1-18-13-5-3-2-4-11(13)10-14(17)16-8-6-12(15)7-9-16;/h2-5,12H,6-10,15H2,1H3;1H. The van der Waals surface area contributed by atoms with Gasteiger partial charge >= 0.3 is 0 Å². The van der Waals surface area contributed by atoms with Crippen LogP contribution in [0.25, 0.3) is 0 Å². The summed E-state index contributed by atoms with van der Waals surface area (Å²) >= 11 is 0. The summed E-state index contributed by atoms with van der Waals surface area (Å²) in [4.78, 5) is 14.1. The number of likely N-dealkylation sites (tertiary alicyclic amines) is 1. The summed E-state index contributed by atoms with van der Waals surface area (Å²) in [7, 11) is 1.63. The third kappa shape index (κ3) is 4.11. The van der Waals surface area contributed by atoms with Gasteiger partial charge in [0.25, 0.3) is 0 Å². The van der Waals surface area contributed by atoms with Crippen LogP contribution in [0.5, 0.6) is 5.75 Å². The number of ether oxygens (including phenoxy) is 1. The van der Waals surface area contributed by atoms with Gasteiger partial charge in [-0.25, -0.2) is 0 Å². The van der Waals surface area contributed by atoms with Gasteiger partial charge in [-0.1, -0.05) is 18.2 Å². The highest BCUT2D eigenvalue weighted by Gasteiger charge is 2.21. The number of rotatable bonds is 3. The number of halogens is 1. The van der Waals surface area contributed by atoms with Crippen LogP contribution in [0.2, 0.25) is 0 Å². The van der Waals surface area contributed by atoms with Crippen molar-refractivity contribution in [1.82, 2.24) is 4.90 Å². The van der Waals surface area contributed by atoms with Crippen LogP contribution in [0.3, 0.4) is 0 Å². The van der Waals surface area contributed by atoms with Crippen molar-refractivity contribution in [2.24, 2.45) is 5.73 Å². The van der Waals surface area contributed by atoms with E-state index in [2.05, 4.69) is 0 Å². The average molecular weight is 285 g/mol. The van der Waals surface area contributed by atoms with Crippen molar-refractivity contribution in [2.45, 2.75) is 25.3 Å². The van der Waals surface area contributed by atoms with E-state index in [0.717, 1.165) is 37.2 Å². The Morgan fingerprint density at radius 1 is 1.37 bits per heavy atom. The molecule has 1 amide bonds. The predicted molar refractivity (Wildman–Crippen MR) is 77.7 cm³/mol. The van der Waals surface area contributed by atoms with Crippen LogP contribution in [0, 0.1) is 0 Å². The fraction of sp³-hybridized carbons (Fsp3) is 0.500. The quantitative estimate of drug-likeness (QED) is 0.917. The number of carbonyl (C=O) groups excluding carboxylic acids is 1. The lowest BCUT2D eigenvalue weighted by Gasteiger charge is -2.30. The van der Waals surface area contributed by atoms with Gasteiger partial charge in [-0.15, -0.1) is 12.4 Å². The first-order valence-corrected chi connectivity index (χ1v) is 6.36. The third-order valence-corrected chi connectivity index (χ3v) is 3.43. The Kier molecular flexibility index (Phi) is 6.12. The van der Waals surface area contributed by atoms with E-state index in [9.17, 15) is 4.79 Å². The van der Waals surface area contributed by atoms with Gasteiger partial charge in [0.2, 0.25) is 5.91 Å². The molecule has 106 valence electrons. The van der Waals surface area contributed by atoms with Crippen molar-refractivity contribution in [3.8, 4) is 5.75 Å². The van der Waals surface area contributed by atoms with Crippen LogP contribution < -0.4 is 10.5 Å². The Morgan fingerprint density at radius 3 is 2.63 bits per heavy atom. The number of piperidine rings is 1. The number of methoxy groups -OCH3 is 1. The van der Waals surface area contributed by atoms with Crippen LogP contribution in [-0.2, 0) is 11.2 Å². The summed E-state index contributed by atoms with van der Waals surface area (Å²) in [6, 6.07) is 7.91. The molecule has 1 aromatic carbocycles. The Bertz CT molecular complexity index is 418. The maximum Gasteiger partial charge on any atom is 0.227 e. The van der Waals surface area contributed by atoms with Crippen molar-refractivity contribution in [1.29, 1.82) is 0 Å². The molecule has 5 heteroatoms. The number of amides is 1. The van der Waals surface area contributed by atoms with Crippen LogP contribution >= 0.6 is 12.4 Å². The molecule has 0 aliphatic carbocycles. The maximum absolute atomic E-state index is 12.2. The van der Waals surface area contributed by atoms with Gasteiger partial charge in [0, 0.05) is 24.7 Å². The summed E-state index contributed by atoms with van der Waals surface area (Å²) in [6.07, 6.45) is 2.20. The summed E-state index contributed by atoms with van der Waals surface area (Å²) in [6.45, 7) is 1.55. The molecule has 0 saturated carbocycles. The monoisotopic (exact) mass is 284 g/mol. The first-order valence-electron chi connectivity index (χ1n) is 6.36. The number of hydrogen-bond donors (Lipinski definition) is 1. The fourth-order valence-corrected chi connectivity index (χ4v) is 2.27. The molecule has 0 atom stereocenters. The number of nitrogens with two attached hydrogens (primary N) is 1. The zero-order valence-electron chi connectivity index (χ0n) is 11.2. The van der Waals surface area contributed by atoms with E-state index in [1.807, 2.05) is 29.2 Å². The number of benzene rings is 1. The normalized spacial score (nSPS) is 15.8. The van der Waals surface area contributed by atoms with Crippen molar-refractivity contribution < 1.29 is 9.53 Å². The van der Waals surface area contributed by atoms with Gasteiger partial charge in [0.05, 0.1) is 13.5 Å². The molecule has 0 unspecified atom stereocenters. The number of para-hydroxylation sites is 1. The van der Waals surface area contributed by atoms with E-state index in [1.165, 1.54) is 0 Å². The molecule has 0 aromatic heterocycles. The molecule has 4 nitrogen and oxygen atoms in total. The van der Waals surface area contributed by atoms with E-state index < -0.39 is 0 Å². The van der Waals surface area contributed by atoms with Crippen LogP contribution in [0.4, 0.5) is 0 Å². The highest BCUT2D eigenvalue weighted by Crippen LogP contribution is 2.19. The Hall–Kier alpha value is -1.26. The van der Waals surface area contributed by atoms with E-state index >= 15 is 0 Å². The minimum Gasteiger partial charge on any atom is -0.496 e. The van der Waals surface area contributed by atoms with Crippen LogP contribution in [-0.4, -0.2) is 37.0 Å². The van der Waals surface area contributed by atoms with Crippen LogP contribution in [0.1, 0.15) is 18.4 Å². The Labute approximate surface area is 120 Å². The molecule has 1 aliphatic rings. The van der Waals surface area contributed by atoms with Crippen molar-refractivity contribution in [3.63, 3.8) is 0 Å². The van der Waals surface area contributed by atoms with E-state index in [4.69, 9.17) is 10.5 Å². The second kappa shape index (κ2) is 7.36.